The van der Waals surface area contributed by atoms with Crippen LogP contribution < -0.4 is 25.8 Å². The highest BCUT2D eigenvalue weighted by molar-refractivity contribution is 6.32. The van der Waals surface area contributed by atoms with Gasteiger partial charge in [-0.1, -0.05) is 29.8 Å². The molecule has 4 aromatic rings. The van der Waals surface area contributed by atoms with Crippen molar-refractivity contribution in [1.29, 1.82) is 0 Å². The first-order valence-corrected chi connectivity index (χ1v) is 17.9. The summed E-state index contributed by atoms with van der Waals surface area (Å²) in [5, 5.41) is 7.60. The van der Waals surface area contributed by atoms with Crippen molar-refractivity contribution in [2.75, 3.05) is 43.5 Å². The van der Waals surface area contributed by atoms with E-state index in [1.165, 1.54) is 6.07 Å². The molecule has 0 radical (unpaired) electrons. The van der Waals surface area contributed by atoms with Gasteiger partial charge in [-0.3, -0.25) is 24.6 Å². The van der Waals surface area contributed by atoms with Crippen molar-refractivity contribution in [3.63, 3.8) is 0 Å². The predicted molar refractivity (Wildman–Crippen MR) is 195 cm³/mol. The van der Waals surface area contributed by atoms with E-state index in [0.717, 1.165) is 79.7 Å². The zero-order valence-electron chi connectivity index (χ0n) is 28.5. The number of benzene rings is 3. The van der Waals surface area contributed by atoms with Crippen LogP contribution in [0.2, 0.25) is 5.02 Å². The number of piperidine rings is 3. The van der Waals surface area contributed by atoms with E-state index in [4.69, 9.17) is 16.3 Å². The zero-order chi connectivity index (χ0) is 34.9. The number of fused-ring (bicyclic) bond motifs is 1. The molecule has 3 saturated heterocycles. The number of imide groups is 1. The number of rotatable bonds is 8. The first kappa shape index (κ1) is 34.1. The van der Waals surface area contributed by atoms with Crippen LogP contribution in [0.5, 0.6) is 5.75 Å². The molecule has 3 aromatic carbocycles. The SMILES string of the molecule is COc1cc(-c2cn(C)c(=O)c3ccccc23)cc(Cl)c1CN1CCC(C2CCN(c3ccc(NC4CCC(=O)NC4=O)cc3F)CC2)CC1. The minimum Gasteiger partial charge on any atom is -0.496 e. The maximum Gasteiger partial charge on any atom is 0.258 e. The molecule has 262 valence electrons. The normalized spacial score (nSPS) is 19.5. The third kappa shape index (κ3) is 6.96. The molecule has 1 atom stereocenters. The molecule has 0 aliphatic carbocycles. The molecular weight excluding hydrogens is 657 g/mol. The number of anilines is 2. The fraction of sp³-hybridized carbons (Fsp3) is 0.410. The van der Waals surface area contributed by atoms with Crippen LogP contribution in [0.15, 0.2) is 65.6 Å². The molecule has 3 fully saturated rings. The lowest BCUT2D eigenvalue weighted by molar-refractivity contribution is -0.133. The number of carbonyl (C=O) groups is 2. The quantitative estimate of drug-likeness (QED) is 0.207. The number of aryl methyl sites for hydroxylation is 1. The number of carbonyl (C=O) groups excluding carboxylic acids is 2. The van der Waals surface area contributed by atoms with Crippen LogP contribution >= 0.6 is 11.6 Å². The molecule has 2 amide bonds. The van der Waals surface area contributed by atoms with Gasteiger partial charge in [-0.15, -0.1) is 0 Å². The summed E-state index contributed by atoms with van der Waals surface area (Å²) in [6.45, 7) is 4.29. The topological polar surface area (TPSA) is 95.9 Å². The molecule has 4 heterocycles. The van der Waals surface area contributed by atoms with Crippen LogP contribution in [-0.2, 0) is 23.2 Å². The Balaban J connectivity index is 0.942. The van der Waals surface area contributed by atoms with Crippen LogP contribution in [0, 0.1) is 17.7 Å². The Morgan fingerprint density at radius 1 is 0.920 bits per heavy atom. The lowest BCUT2D eigenvalue weighted by Gasteiger charge is -2.41. The summed E-state index contributed by atoms with van der Waals surface area (Å²) in [7, 11) is 3.44. The van der Waals surface area contributed by atoms with Crippen LogP contribution in [0.4, 0.5) is 15.8 Å². The van der Waals surface area contributed by atoms with Crippen LogP contribution in [0.1, 0.15) is 44.1 Å². The van der Waals surface area contributed by atoms with Crippen molar-refractivity contribution < 1.29 is 18.7 Å². The second-order valence-corrected chi connectivity index (χ2v) is 14.3. The van der Waals surface area contributed by atoms with Crippen LogP contribution in [0.3, 0.4) is 0 Å². The fourth-order valence-electron chi connectivity index (χ4n) is 8.05. The van der Waals surface area contributed by atoms with E-state index in [-0.39, 0.29) is 29.6 Å². The predicted octanol–water partition coefficient (Wildman–Crippen LogP) is 6.35. The van der Waals surface area contributed by atoms with Gasteiger partial charge in [0.25, 0.3) is 5.56 Å². The monoisotopic (exact) mass is 699 g/mol. The maximum absolute atomic E-state index is 15.2. The van der Waals surface area contributed by atoms with Crippen molar-refractivity contribution in [3.8, 4) is 16.9 Å². The van der Waals surface area contributed by atoms with Gasteiger partial charge in [-0.25, -0.2) is 4.39 Å². The number of aromatic nitrogens is 1. The summed E-state index contributed by atoms with van der Waals surface area (Å²) in [5.41, 5.74) is 3.91. The van der Waals surface area contributed by atoms with Crippen molar-refractivity contribution in [2.45, 2.75) is 51.1 Å². The molecule has 11 heteroatoms. The Morgan fingerprint density at radius 3 is 2.30 bits per heavy atom. The summed E-state index contributed by atoms with van der Waals surface area (Å²) >= 11 is 6.96. The van der Waals surface area contributed by atoms with Gasteiger partial charge >= 0.3 is 0 Å². The van der Waals surface area contributed by atoms with Gasteiger partial charge < -0.3 is 19.5 Å². The summed E-state index contributed by atoms with van der Waals surface area (Å²) in [6.07, 6.45) is 6.81. The number of ether oxygens (including phenoxy) is 1. The van der Waals surface area contributed by atoms with Gasteiger partial charge in [-0.2, -0.15) is 0 Å². The first-order valence-electron chi connectivity index (χ1n) is 17.5. The maximum atomic E-state index is 15.2. The molecule has 0 spiro atoms. The Hall–Kier alpha value is -4.41. The number of hydrogen-bond acceptors (Lipinski definition) is 7. The summed E-state index contributed by atoms with van der Waals surface area (Å²) in [6, 6.07) is 16.2. The van der Waals surface area contributed by atoms with Crippen molar-refractivity contribution >= 4 is 45.6 Å². The molecule has 2 N–H and O–H groups in total. The van der Waals surface area contributed by atoms with E-state index >= 15 is 4.39 Å². The highest BCUT2D eigenvalue weighted by atomic mass is 35.5. The Kier molecular flexibility index (Phi) is 9.84. The smallest absolute Gasteiger partial charge is 0.258 e. The number of likely N-dealkylation sites (tertiary alicyclic amines) is 1. The minimum absolute atomic E-state index is 0.0326. The van der Waals surface area contributed by atoms with Gasteiger partial charge in [-0.05, 0) is 104 Å². The molecule has 1 unspecified atom stereocenters. The highest BCUT2D eigenvalue weighted by Gasteiger charge is 2.31. The molecule has 50 heavy (non-hydrogen) atoms. The average Bonchev–Trinajstić information content (AvgIpc) is 3.12. The number of amides is 2. The summed E-state index contributed by atoms with van der Waals surface area (Å²) in [4.78, 5) is 40.9. The number of methoxy groups -OCH3 is 1. The standard InChI is InChI=1S/C39H43ClFN5O4/c1-44-22-30(28-5-3-4-6-29(28)39(44)49)26-19-32(40)31(36(20-26)50-2)23-45-15-11-24(12-16-45)25-13-17-46(18-14-25)35-9-7-27(21-33(35)41)42-34-8-10-37(47)43-38(34)48/h3-7,9,19-22,24-25,34,42H,8,10-18,23H2,1-2H3,(H,43,47,48). The first-order chi connectivity index (χ1) is 24.2. The van der Waals surface area contributed by atoms with Crippen LogP contribution in [0.25, 0.3) is 21.9 Å². The van der Waals surface area contributed by atoms with Crippen molar-refractivity contribution in [3.05, 3.63) is 87.6 Å². The average molecular weight is 700 g/mol. The summed E-state index contributed by atoms with van der Waals surface area (Å²) < 4.78 is 22.7. The van der Waals surface area contributed by atoms with E-state index in [0.29, 0.717) is 46.6 Å². The second-order valence-electron chi connectivity index (χ2n) is 13.9. The van der Waals surface area contributed by atoms with E-state index in [9.17, 15) is 14.4 Å². The van der Waals surface area contributed by atoms with Crippen molar-refractivity contribution in [1.82, 2.24) is 14.8 Å². The Morgan fingerprint density at radius 2 is 1.62 bits per heavy atom. The molecule has 3 aliphatic rings. The molecule has 0 bridgehead atoms. The van der Waals surface area contributed by atoms with E-state index < -0.39 is 6.04 Å². The number of nitrogens with one attached hydrogen (secondary N) is 2. The molecule has 7 rings (SSSR count). The van der Waals surface area contributed by atoms with Gasteiger partial charge in [0.15, 0.2) is 0 Å². The van der Waals surface area contributed by atoms with Gasteiger partial charge in [0.05, 0.1) is 12.8 Å². The van der Waals surface area contributed by atoms with Crippen molar-refractivity contribution in [2.24, 2.45) is 18.9 Å². The van der Waals surface area contributed by atoms with Gasteiger partial charge in [0, 0.05) is 66.5 Å². The third-order valence-corrected chi connectivity index (χ3v) is 11.2. The number of halogens is 2. The molecule has 0 saturated carbocycles. The largest absolute Gasteiger partial charge is 0.496 e. The van der Waals surface area contributed by atoms with E-state index in [1.54, 1.807) is 24.8 Å². The molecule has 9 nitrogen and oxygen atoms in total. The summed E-state index contributed by atoms with van der Waals surface area (Å²) in [5.74, 6) is 1.04. The molecule has 3 aliphatic heterocycles. The zero-order valence-corrected chi connectivity index (χ0v) is 29.3. The van der Waals surface area contributed by atoms with Gasteiger partial charge in [0.2, 0.25) is 11.8 Å². The van der Waals surface area contributed by atoms with E-state index in [1.807, 2.05) is 48.7 Å². The lowest BCUT2D eigenvalue weighted by atomic mass is 9.78. The lowest BCUT2D eigenvalue weighted by Crippen LogP contribution is -2.47. The minimum atomic E-state index is -0.542. The number of nitrogens with zero attached hydrogens (tertiary/aromatic N) is 3. The molecule has 1 aromatic heterocycles. The fourth-order valence-corrected chi connectivity index (χ4v) is 8.32. The van der Waals surface area contributed by atoms with Gasteiger partial charge in [0.1, 0.15) is 17.6 Å². The second kappa shape index (κ2) is 14.4. The number of pyridine rings is 1. The highest BCUT2D eigenvalue weighted by Crippen LogP contribution is 2.39. The number of hydrogen-bond donors (Lipinski definition) is 2. The Bertz CT molecular complexity index is 1980. The Labute approximate surface area is 296 Å². The molecular formula is C39H43ClFN5O4. The third-order valence-electron chi connectivity index (χ3n) is 10.9. The van der Waals surface area contributed by atoms with E-state index in [2.05, 4.69) is 20.4 Å². The van der Waals surface area contributed by atoms with Crippen LogP contribution in [-0.4, -0.2) is 60.6 Å².